The lowest BCUT2D eigenvalue weighted by Crippen LogP contribution is -2.46. The van der Waals surface area contributed by atoms with E-state index in [2.05, 4.69) is 5.32 Å². The molecular weight excluding hydrogens is 375 g/mol. The second-order valence-electron chi connectivity index (χ2n) is 7.55. The molecule has 0 radical (unpaired) electrons. The monoisotopic (exact) mass is 398 g/mol. The Kier molecular flexibility index (Phi) is 5.52. The van der Waals surface area contributed by atoms with Crippen LogP contribution in [0.1, 0.15) is 44.7 Å². The van der Waals surface area contributed by atoms with Crippen LogP contribution in [-0.2, 0) is 9.59 Å². The average Bonchev–Trinajstić information content (AvgIpc) is 3.11. The molecule has 0 bridgehead atoms. The van der Waals surface area contributed by atoms with Crippen LogP contribution in [0.25, 0.3) is 0 Å². The van der Waals surface area contributed by atoms with Crippen LogP contribution in [0.5, 0.6) is 0 Å². The van der Waals surface area contributed by atoms with Crippen molar-refractivity contribution in [2.24, 2.45) is 11.3 Å². The molecule has 1 saturated carbocycles. The summed E-state index contributed by atoms with van der Waals surface area (Å²) in [7, 11) is 0. The molecule has 2 N–H and O–H groups in total. The fraction of sp³-hybridized carbons (Fsp3) is 0.579. The molecule has 1 heterocycles. The van der Waals surface area contributed by atoms with Crippen molar-refractivity contribution >= 4 is 35.1 Å². The summed E-state index contributed by atoms with van der Waals surface area (Å²) in [5, 5.41) is 13.8. The van der Waals surface area contributed by atoms with Gasteiger partial charge in [0, 0.05) is 23.1 Å². The van der Waals surface area contributed by atoms with Gasteiger partial charge >= 0.3 is 5.97 Å². The van der Waals surface area contributed by atoms with Gasteiger partial charge in [-0.25, -0.2) is 0 Å². The van der Waals surface area contributed by atoms with E-state index in [4.69, 9.17) is 23.2 Å². The van der Waals surface area contributed by atoms with Gasteiger partial charge in [-0.1, -0.05) is 35.7 Å². The third kappa shape index (κ3) is 3.45. The molecule has 1 aromatic rings. The SMILES string of the molecule is CC(NC(=O)C(C)N1C[C@@H]2CCC[C@@]2(C(=O)O)C1)c1ccc(Cl)cc1Cl. The van der Waals surface area contributed by atoms with Crippen molar-refractivity contribution in [3.63, 3.8) is 0 Å². The van der Waals surface area contributed by atoms with Crippen molar-refractivity contribution < 1.29 is 14.7 Å². The average molecular weight is 399 g/mol. The number of amides is 1. The molecular formula is C19H24Cl2N2O3. The van der Waals surface area contributed by atoms with E-state index < -0.39 is 11.4 Å². The van der Waals surface area contributed by atoms with Gasteiger partial charge in [0.2, 0.25) is 5.91 Å². The van der Waals surface area contributed by atoms with E-state index in [0.717, 1.165) is 18.4 Å². The number of carbonyl (C=O) groups excluding carboxylic acids is 1. The molecule has 5 nitrogen and oxygen atoms in total. The molecule has 1 aliphatic carbocycles. The smallest absolute Gasteiger partial charge is 0.311 e. The summed E-state index contributed by atoms with van der Waals surface area (Å²) in [4.78, 5) is 26.5. The molecule has 1 amide bonds. The number of halogens is 2. The molecule has 2 aliphatic rings. The molecule has 3 rings (SSSR count). The first-order chi connectivity index (χ1) is 12.2. The number of carbonyl (C=O) groups is 2. The van der Waals surface area contributed by atoms with Crippen molar-refractivity contribution in [2.75, 3.05) is 13.1 Å². The summed E-state index contributed by atoms with van der Waals surface area (Å²) in [6.45, 7) is 4.81. The normalized spacial score (nSPS) is 27.8. The molecule has 2 fully saturated rings. The van der Waals surface area contributed by atoms with E-state index in [9.17, 15) is 14.7 Å². The van der Waals surface area contributed by atoms with Crippen LogP contribution in [0.3, 0.4) is 0 Å². The number of hydrogen-bond acceptors (Lipinski definition) is 3. The summed E-state index contributed by atoms with van der Waals surface area (Å²) >= 11 is 12.1. The van der Waals surface area contributed by atoms with Gasteiger partial charge in [-0.2, -0.15) is 0 Å². The predicted molar refractivity (Wildman–Crippen MR) is 101 cm³/mol. The number of carboxylic acids is 1. The lowest BCUT2D eigenvalue weighted by Gasteiger charge is -2.27. The molecule has 2 unspecified atom stereocenters. The highest BCUT2D eigenvalue weighted by Gasteiger charge is 2.55. The van der Waals surface area contributed by atoms with Crippen molar-refractivity contribution in [3.8, 4) is 0 Å². The highest BCUT2D eigenvalue weighted by molar-refractivity contribution is 6.35. The van der Waals surface area contributed by atoms with Crippen molar-refractivity contribution in [2.45, 2.75) is 45.2 Å². The zero-order valence-corrected chi connectivity index (χ0v) is 16.5. The standard InChI is InChI=1S/C19H24Cl2N2O3/c1-11(15-6-5-14(20)8-16(15)21)22-17(24)12(2)23-9-13-4-3-7-19(13,10-23)18(25)26/h5-6,8,11-13H,3-4,7,9-10H2,1-2H3,(H,22,24)(H,25,26)/t11?,12?,13-,19+/m0/s1. The fourth-order valence-electron chi connectivity index (χ4n) is 4.40. The van der Waals surface area contributed by atoms with E-state index in [1.165, 1.54) is 0 Å². The summed E-state index contributed by atoms with van der Waals surface area (Å²) in [5.41, 5.74) is 0.122. The van der Waals surface area contributed by atoms with Gasteiger partial charge in [-0.3, -0.25) is 14.5 Å². The van der Waals surface area contributed by atoms with Gasteiger partial charge < -0.3 is 10.4 Å². The van der Waals surface area contributed by atoms with Crippen LogP contribution in [-0.4, -0.2) is 41.0 Å². The first-order valence-electron chi connectivity index (χ1n) is 8.97. The van der Waals surface area contributed by atoms with E-state index in [0.29, 0.717) is 29.6 Å². The number of carboxylic acid groups (broad SMARTS) is 1. The van der Waals surface area contributed by atoms with E-state index >= 15 is 0 Å². The third-order valence-electron chi connectivity index (χ3n) is 6.04. The maximum absolute atomic E-state index is 12.7. The quantitative estimate of drug-likeness (QED) is 0.792. The lowest BCUT2D eigenvalue weighted by atomic mass is 9.81. The Morgan fingerprint density at radius 3 is 2.69 bits per heavy atom. The summed E-state index contributed by atoms with van der Waals surface area (Å²) in [5.74, 6) is -0.709. The van der Waals surface area contributed by atoms with Crippen molar-refractivity contribution in [3.05, 3.63) is 33.8 Å². The van der Waals surface area contributed by atoms with Crippen LogP contribution >= 0.6 is 23.2 Å². The minimum atomic E-state index is -0.726. The first kappa shape index (κ1) is 19.5. The summed E-state index contributed by atoms with van der Waals surface area (Å²) in [6, 6.07) is 4.56. The minimum Gasteiger partial charge on any atom is -0.481 e. The first-order valence-corrected chi connectivity index (χ1v) is 9.73. The molecule has 0 aromatic heterocycles. The molecule has 26 heavy (non-hydrogen) atoms. The van der Waals surface area contributed by atoms with Gasteiger partial charge in [0.05, 0.1) is 17.5 Å². The van der Waals surface area contributed by atoms with Crippen molar-refractivity contribution in [1.82, 2.24) is 10.2 Å². The van der Waals surface area contributed by atoms with Crippen LogP contribution in [0.15, 0.2) is 18.2 Å². The molecule has 142 valence electrons. The number of benzene rings is 1. The maximum Gasteiger partial charge on any atom is 0.311 e. The number of nitrogens with one attached hydrogen (secondary N) is 1. The Hall–Kier alpha value is -1.30. The molecule has 0 spiro atoms. The zero-order valence-electron chi connectivity index (χ0n) is 15.0. The summed E-state index contributed by atoms with van der Waals surface area (Å²) < 4.78 is 0. The Morgan fingerprint density at radius 1 is 1.35 bits per heavy atom. The summed E-state index contributed by atoms with van der Waals surface area (Å²) in [6.07, 6.45) is 2.58. The Labute approximate surface area is 163 Å². The minimum absolute atomic E-state index is 0.121. The lowest BCUT2D eigenvalue weighted by molar-refractivity contribution is -0.149. The Bertz CT molecular complexity index is 727. The van der Waals surface area contributed by atoms with E-state index in [1.54, 1.807) is 18.2 Å². The van der Waals surface area contributed by atoms with Crippen LogP contribution in [0, 0.1) is 11.3 Å². The zero-order chi connectivity index (χ0) is 19.1. The van der Waals surface area contributed by atoms with Crippen molar-refractivity contribution in [1.29, 1.82) is 0 Å². The Balaban J connectivity index is 1.66. The second-order valence-corrected chi connectivity index (χ2v) is 8.40. The molecule has 1 aromatic carbocycles. The molecule has 4 atom stereocenters. The second kappa shape index (κ2) is 7.37. The van der Waals surface area contributed by atoms with Gasteiger partial charge in [0.1, 0.15) is 0 Å². The fourth-order valence-corrected chi connectivity index (χ4v) is 4.98. The van der Waals surface area contributed by atoms with Crippen LogP contribution < -0.4 is 5.32 Å². The Morgan fingerprint density at radius 2 is 2.08 bits per heavy atom. The molecule has 1 saturated heterocycles. The van der Waals surface area contributed by atoms with Crippen LogP contribution in [0.4, 0.5) is 0 Å². The topological polar surface area (TPSA) is 69.6 Å². The molecule has 7 heteroatoms. The predicted octanol–water partition coefficient (Wildman–Crippen LogP) is 3.75. The maximum atomic E-state index is 12.7. The van der Waals surface area contributed by atoms with Gasteiger partial charge in [-0.15, -0.1) is 0 Å². The number of fused-ring (bicyclic) bond motifs is 1. The van der Waals surface area contributed by atoms with E-state index in [-0.39, 0.29) is 23.9 Å². The van der Waals surface area contributed by atoms with Crippen LogP contribution in [0.2, 0.25) is 10.0 Å². The third-order valence-corrected chi connectivity index (χ3v) is 6.60. The number of rotatable bonds is 5. The molecule has 1 aliphatic heterocycles. The number of hydrogen-bond donors (Lipinski definition) is 2. The number of nitrogens with zero attached hydrogens (tertiary/aromatic N) is 1. The van der Waals surface area contributed by atoms with Gasteiger partial charge in [0.15, 0.2) is 0 Å². The largest absolute Gasteiger partial charge is 0.481 e. The highest BCUT2D eigenvalue weighted by Crippen LogP contribution is 2.49. The van der Waals surface area contributed by atoms with Gasteiger partial charge in [0.25, 0.3) is 0 Å². The van der Waals surface area contributed by atoms with E-state index in [1.807, 2.05) is 18.7 Å². The number of likely N-dealkylation sites (tertiary alicyclic amines) is 1. The van der Waals surface area contributed by atoms with Gasteiger partial charge in [-0.05, 0) is 50.3 Å². The highest BCUT2D eigenvalue weighted by atomic mass is 35.5. The number of aliphatic carboxylic acids is 1.